The molecule has 0 atom stereocenters. The highest BCUT2D eigenvalue weighted by molar-refractivity contribution is 7.90. The van der Waals surface area contributed by atoms with E-state index in [1.54, 1.807) is 19.3 Å². The molecule has 0 aliphatic heterocycles. The summed E-state index contributed by atoms with van der Waals surface area (Å²) >= 11 is 0. The number of unbranched alkanes of at least 4 members (excludes halogenated alkanes) is 1. The smallest absolute Gasteiger partial charge is 0.191 e. The van der Waals surface area contributed by atoms with Crippen molar-refractivity contribution in [2.24, 2.45) is 4.99 Å². The first-order valence-corrected chi connectivity index (χ1v) is 11.2. The lowest BCUT2D eigenvalue weighted by atomic mass is 10.1. The fourth-order valence-electron chi connectivity index (χ4n) is 2.78. The van der Waals surface area contributed by atoms with E-state index in [1.165, 1.54) is 6.26 Å². The van der Waals surface area contributed by atoms with Crippen molar-refractivity contribution in [1.82, 2.24) is 15.6 Å². The highest BCUT2D eigenvalue weighted by Crippen LogP contribution is 2.16. The molecule has 1 aromatic carbocycles. The minimum Gasteiger partial charge on any atom is -0.370 e. The molecule has 2 rings (SSSR count). The van der Waals surface area contributed by atoms with E-state index in [4.69, 9.17) is 0 Å². The zero-order valence-corrected chi connectivity index (χ0v) is 17.5. The predicted octanol–water partition coefficient (Wildman–Crippen LogP) is 2.35. The second-order valence-electron chi connectivity index (χ2n) is 6.57. The van der Waals surface area contributed by atoms with Crippen molar-refractivity contribution in [2.75, 3.05) is 31.7 Å². The molecule has 0 aliphatic rings. The maximum Gasteiger partial charge on any atom is 0.191 e. The Morgan fingerprint density at radius 1 is 1.11 bits per heavy atom. The molecule has 0 amide bonds. The van der Waals surface area contributed by atoms with Gasteiger partial charge in [0.15, 0.2) is 15.8 Å². The van der Waals surface area contributed by atoms with Crippen LogP contribution in [0.5, 0.6) is 0 Å². The average molecular weight is 404 g/mol. The molecule has 2 aromatic rings. The first-order valence-electron chi connectivity index (χ1n) is 9.29. The third-order valence-corrected chi connectivity index (χ3v) is 5.45. The molecule has 0 unspecified atom stereocenters. The Morgan fingerprint density at radius 2 is 1.89 bits per heavy atom. The first kappa shape index (κ1) is 21.7. The second kappa shape index (κ2) is 10.7. The Balaban J connectivity index is 1.69. The lowest BCUT2D eigenvalue weighted by molar-refractivity contribution is 0.601. The number of nitrogens with zero attached hydrogens (tertiary/aromatic N) is 2. The van der Waals surface area contributed by atoms with Crippen LogP contribution in [0.1, 0.15) is 24.0 Å². The first-order chi connectivity index (χ1) is 13.4. The zero-order valence-electron chi connectivity index (χ0n) is 16.7. The van der Waals surface area contributed by atoms with E-state index in [0.29, 0.717) is 11.4 Å². The van der Waals surface area contributed by atoms with E-state index >= 15 is 0 Å². The van der Waals surface area contributed by atoms with Gasteiger partial charge in [-0.05, 0) is 49.1 Å². The number of hydrogen-bond donors (Lipinski definition) is 3. The van der Waals surface area contributed by atoms with Gasteiger partial charge in [-0.15, -0.1) is 0 Å². The van der Waals surface area contributed by atoms with Gasteiger partial charge in [-0.25, -0.2) is 13.4 Å². The van der Waals surface area contributed by atoms with Gasteiger partial charge in [0.1, 0.15) is 5.82 Å². The van der Waals surface area contributed by atoms with Gasteiger partial charge in [0.2, 0.25) is 0 Å². The molecule has 0 saturated carbocycles. The van der Waals surface area contributed by atoms with E-state index in [0.717, 1.165) is 48.8 Å². The number of guanidine groups is 1. The maximum absolute atomic E-state index is 11.7. The number of pyridine rings is 1. The topological polar surface area (TPSA) is 95.5 Å². The summed E-state index contributed by atoms with van der Waals surface area (Å²) in [7, 11) is -1.46. The Kier molecular flexibility index (Phi) is 8.25. The van der Waals surface area contributed by atoms with Crippen molar-refractivity contribution in [3.63, 3.8) is 0 Å². The molecular weight excluding hydrogens is 374 g/mol. The average Bonchev–Trinajstić information content (AvgIpc) is 2.66. The largest absolute Gasteiger partial charge is 0.370 e. The summed E-state index contributed by atoms with van der Waals surface area (Å²) in [5.41, 5.74) is 1.76. The monoisotopic (exact) mass is 403 g/mol. The molecule has 0 aliphatic carbocycles. The highest BCUT2D eigenvalue weighted by atomic mass is 32.2. The van der Waals surface area contributed by atoms with Crippen molar-refractivity contribution in [3.8, 4) is 0 Å². The fourth-order valence-corrected chi connectivity index (χ4v) is 3.74. The van der Waals surface area contributed by atoms with Crippen LogP contribution >= 0.6 is 0 Å². The van der Waals surface area contributed by atoms with Crippen LogP contribution in [-0.4, -0.2) is 45.8 Å². The van der Waals surface area contributed by atoms with Crippen LogP contribution in [0.15, 0.2) is 52.5 Å². The fraction of sp³-hybridized carbons (Fsp3) is 0.400. The Morgan fingerprint density at radius 3 is 2.54 bits per heavy atom. The third-order valence-electron chi connectivity index (χ3n) is 4.19. The van der Waals surface area contributed by atoms with Crippen molar-refractivity contribution in [3.05, 3.63) is 53.7 Å². The summed E-state index contributed by atoms with van der Waals surface area (Å²) in [5.74, 6) is 1.62. The van der Waals surface area contributed by atoms with Gasteiger partial charge >= 0.3 is 0 Å². The van der Waals surface area contributed by atoms with E-state index in [9.17, 15) is 8.42 Å². The van der Waals surface area contributed by atoms with Crippen LogP contribution in [0.3, 0.4) is 0 Å². The molecule has 1 heterocycles. The molecule has 152 valence electrons. The SMILES string of the molecule is CN=C(NCCCCNc1ccccn1)NCc1ccc(S(C)(=O)=O)c(C)c1. The van der Waals surface area contributed by atoms with Gasteiger partial charge in [0, 0.05) is 39.1 Å². The molecule has 28 heavy (non-hydrogen) atoms. The lowest BCUT2D eigenvalue weighted by Gasteiger charge is -2.13. The van der Waals surface area contributed by atoms with Crippen LogP contribution in [0.25, 0.3) is 0 Å². The van der Waals surface area contributed by atoms with Crippen molar-refractivity contribution < 1.29 is 8.42 Å². The third kappa shape index (κ3) is 7.19. The highest BCUT2D eigenvalue weighted by Gasteiger charge is 2.10. The molecule has 1 aromatic heterocycles. The van der Waals surface area contributed by atoms with Gasteiger partial charge in [0.25, 0.3) is 0 Å². The summed E-state index contributed by atoms with van der Waals surface area (Å²) in [6.45, 7) is 4.07. The summed E-state index contributed by atoms with van der Waals surface area (Å²) in [6, 6.07) is 11.2. The molecule has 8 heteroatoms. The molecule has 0 saturated heterocycles. The minimum absolute atomic E-state index is 0.373. The molecule has 7 nitrogen and oxygen atoms in total. The standard InChI is InChI=1S/C20H29N5O2S/c1-16-14-17(9-10-18(16)28(3,26)27)15-25-20(21-2)24-13-7-6-12-23-19-8-4-5-11-22-19/h4-5,8-11,14H,6-7,12-13,15H2,1-3H3,(H,22,23)(H2,21,24,25). The van der Waals surface area contributed by atoms with Crippen LogP contribution < -0.4 is 16.0 Å². The molecule has 0 radical (unpaired) electrons. The quantitative estimate of drug-likeness (QED) is 0.338. The Hall–Kier alpha value is -2.61. The van der Waals surface area contributed by atoms with E-state index in [1.807, 2.05) is 37.3 Å². The number of nitrogens with one attached hydrogen (secondary N) is 3. The van der Waals surface area contributed by atoms with Crippen LogP contribution in [0.4, 0.5) is 5.82 Å². The van der Waals surface area contributed by atoms with Gasteiger partial charge in [0.05, 0.1) is 4.90 Å². The van der Waals surface area contributed by atoms with Gasteiger partial charge < -0.3 is 16.0 Å². The maximum atomic E-state index is 11.7. The number of aryl methyl sites for hydroxylation is 1. The summed E-state index contributed by atoms with van der Waals surface area (Å²) in [4.78, 5) is 8.82. The van der Waals surface area contributed by atoms with Crippen molar-refractivity contribution in [2.45, 2.75) is 31.2 Å². The molecular formula is C20H29N5O2S. The van der Waals surface area contributed by atoms with Crippen LogP contribution in [0.2, 0.25) is 0 Å². The molecule has 0 spiro atoms. The molecule has 0 fully saturated rings. The van der Waals surface area contributed by atoms with Gasteiger partial charge in [-0.1, -0.05) is 18.2 Å². The summed E-state index contributed by atoms with van der Waals surface area (Å²) in [5, 5.41) is 9.83. The molecule has 0 bridgehead atoms. The van der Waals surface area contributed by atoms with E-state index in [-0.39, 0.29) is 0 Å². The predicted molar refractivity (Wildman–Crippen MR) is 114 cm³/mol. The number of hydrogen-bond acceptors (Lipinski definition) is 5. The number of sulfone groups is 1. The van der Waals surface area contributed by atoms with E-state index in [2.05, 4.69) is 25.9 Å². The normalized spacial score (nSPS) is 11.9. The number of aromatic nitrogens is 1. The number of rotatable bonds is 9. The Labute approximate surface area is 167 Å². The summed E-state index contributed by atoms with van der Waals surface area (Å²) < 4.78 is 23.4. The van der Waals surface area contributed by atoms with Crippen LogP contribution in [-0.2, 0) is 16.4 Å². The number of benzene rings is 1. The summed E-state index contributed by atoms with van der Waals surface area (Å²) in [6.07, 6.45) is 5.02. The zero-order chi connectivity index (χ0) is 20.4. The lowest BCUT2D eigenvalue weighted by Crippen LogP contribution is -2.37. The Bertz CT molecular complexity index is 883. The van der Waals surface area contributed by atoms with Crippen molar-refractivity contribution >= 4 is 21.6 Å². The van der Waals surface area contributed by atoms with E-state index < -0.39 is 9.84 Å². The van der Waals surface area contributed by atoms with Gasteiger partial charge in [-0.3, -0.25) is 4.99 Å². The molecule has 3 N–H and O–H groups in total. The minimum atomic E-state index is -3.19. The van der Waals surface area contributed by atoms with Crippen LogP contribution in [0, 0.1) is 6.92 Å². The van der Waals surface area contributed by atoms with Crippen molar-refractivity contribution in [1.29, 1.82) is 0 Å². The number of anilines is 1. The van der Waals surface area contributed by atoms with Gasteiger partial charge in [-0.2, -0.15) is 0 Å². The second-order valence-corrected chi connectivity index (χ2v) is 8.56. The number of aliphatic imine (C=N–C) groups is 1.